The van der Waals surface area contributed by atoms with Crippen LogP contribution in [-0.4, -0.2) is 39.6 Å². The molecule has 0 fully saturated rings. The summed E-state index contributed by atoms with van der Waals surface area (Å²) < 4.78 is 16.0. The van der Waals surface area contributed by atoms with E-state index in [9.17, 15) is 24.3 Å². The van der Waals surface area contributed by atoms with Gasteiger partial charge in [0.2, 0.25) is 5.91 Å². The Kier molecular flexibility index (Phi) is 51.1. The lowest BCUT2D eigenvalue weighted by Crippen LogP contribution is -2.45. The molecule has 0 spiro atoms. The lowest BCUT2D eigenvalue weighted by atomic mass is 10.0. The number of carbonyl (C=O) groups is 1. The Labute approximate surface area is 399 Å². The molecule has 0 bridgehead atoms. The van der Waals surface area contributed by atoms with Crippen molar-refractivity contribution in [2.75, 3.05) is 6.61 Å². The molecule has 0 aromatic carbocycles. The largest absolute Gasteiger partial charge is 0.469 e. The van der Waals surface area contributed by atoms with Crippen molar-refractivity contribution in [2.24, 2.45) is 0 Å². The van der Waals surface area contributed by atoms with Crippen LogP contribution in [0.4, 0.5) is 0 Å². The van der Waals surface area contributed by atoms with Crippen LogP contribution in [0.1, 0.15) is 322 Å². The maximum atomic E-state index is 12.7. The first-order chi connectivity index (χ1) is 31.3. The highest BCUT2D eigenvalue weighted by Gasteiger charge is 2.24. The van der Waals surface area contributed by atoms with Gasteiger partial charge in [-0.15, -0.1) is 0 Å². The Morgan fingerprint density at radius 3 is 0.953 bits per heavy atom. The molecule has 0 unspecified atom stereocenters. The fraction of sp³-hybridized carbons (Fsp3) is 0.946. The van der Waals surface area contributed by atoms with Crippen LogP contribution in [0.25, 0.3) is 0 Å². The highest BCUT2D eigenvalue weighted by Crippen LogP contribution is 2.36. The van der Waals surface area contributed by atoms with Gasteiger partial charge < -0.3 is 20.2 Å². The molecule has 0 radical (unpaired) electrons. The van der Waals surface area contributed by atoms with Gasteiger partial charge in [0.05, 0.1) is 18.8 Å². The number of phosphoric acid groups is 1. The average molecular weight is 926 g/mol. The Morgan fingerprint density at radius 1 is 0.438 bits per heavy atom. The van der Waals surface area contributed by atoms with E-state index < -0.39 is 26.6 Å². The zero-order valence-corrected chi connectivity index (χ0v) is 43.9. The van der Waals surface area contributed by atoms with Gasteiger partial charge in [0.1, 0.15) is 0 Å². The van der Waals surface area contributed by atoms with Crippen LogP contribution in [0, 0.1) is 0 Å². The van der Waals surface area contributed by atoms with Gasteiger partial charge in [0, 0.05) is 6.42 Å². The van der Waals surface area contributed by atoms with Crippen LogP contribution in [0.15, 0.2) is 12.2 Å². The number of nitrogens with one attached hydrogen (secondary N) is 1. The number of hydrogen-bond acceptors (Lipinski definition) is 4. The van der Waals surface area contributed by atoms with Crippen molar-refractivity contribution >= 4 is 13.7 Å². The van der Waals surface area contributed by atoms with E-state index in [4.69, 9.17) is 0 Å². The van der Waals surface area contributed by atoms with Crippen LogP contribution in [0.5, 0.6) is 0 Å². The van der Waals surface area contributed by atoms with Crippen molar-refractivity contribution in [3.8, 4) is 0 Å². The Hall–Kier alpha value is -0.720. The van der Waals surface area contributed by atoms with Crippen molar-refractivity contribution in [1.82, 2.24) is 5.32 Å². The molecule has 0 aliphatic carbocycles. The topological polar surface area (TPSA) is 116 Å². The monoisotopic (exact) mass is 926 g/mol. The smallest absolute Gasteiger partial charge is 0.387 e. The molecule has 0 saturated carbocycles. The number of allylic oxidation sites excluding steroid dienone is 1. The second kappa shape index (κ2) is 51.7. The van der Waals surface area contributed by atoms with Gasteiger partial charge in [-0.25, -0.2) is 4.57 Å². The summed E-state index contributed by atoms with van der Waals surface area (Å²) >= 11 is 0. The maximum Gasteiger partial charge on any atom is 0.469 e. The quantitative estimate of drug-likeness (QED) is 0.0274. The van der Waals surface area contributed by atoms with Crippen LogP contribution in [-0.2, 0) is 13.9 Å². The SMILES string of the molecule is CCCCCCCCCCCCCC/C=C/[C@@H](O)[C@H](COP(=O)(O)O)NC(=O)CCCCCCCCCCCCCCCCCCCCCCCCCCCCCCCCCCCC. The summed E-state index contributed by atoms with van der Waals surface area (Å²) in [6.07, 6.45) is 65.8. The molecule has 8 heteroatoms. The highest BCUT2D eigenvalue weighted by atomic mass is 31.2. The van der Waals surface area contributed by atoms with Gasteiger partial charge in [-0.3, -0.25) is 9.32 Å². The standard InChI is InChI=1S/C56H112NO6P/c1-3-5-7-9-11-13-15-17-19-20-21-22-23-24-25-26-27-28-29-30-31-32-33-34-35-36-37-38-40-42-44-46-48-50-52-56(59)57-54(53-63-64(60,61)62)55(58)51-49-47-45-43-41-39-18-16-14-12-10-8-6-4-2/h49,51,54-55,58H,3-48,50,52-53H2,1-2H3,(H,57,59)(H2,60,61,62)/b51-49+/t54-,55+/m0/s1. The lowest BCUT2D eigenvalue weighted by molar-refractivity contribution is -0.123. The summed E-state index contributed by atoms with van der Waals surface area (Å²) in [5.74, 6) is -0.219. The number of aliphatic hydroxyl groups excluding tert-OH is 1. The molecule has 1 amide bonds. The van der Waals surface area contributed by atoms with E-state index in [0.717, 1.165) is 38.5 Å². The minimum atomic E-state index is -4.72. The van der Waals surface area contributed by atoms with E-state index in [1.807, 2.05) is 6.08 Å². The zero-order chi connectivity index (χ0) is 46.7. The molecular formula is C56H112NO6P. The molecule has 2 atom stereocenters. The number of amides is 1. The van der Waals surface area contributed by atoms with Gasteiger partial charge >= 0.3 is 7.82 Å². The van der Waals surface area contributed by atoms with Crippen molar-refractivity contribution in [2.45, 2.75) is 334 Å². The van der Waals surface area contributed by atoms with Crippen molar-refractivity contribution in [3.05, 3.63) is 12.2 Å². The van der Waals surface area contributed by atoms with E-state index >= 15 is 0 Å². The Morgan fingerprint density at radius 2 is 0.688 bits per heavy atom. The predicted octanol–water partition coefficient (Wildman–Crippen LogP) is 18.3. The molecule has 0 rings (SSSR count). The maximum absolute atomic E-state index is 12.7. The van der Waals surface area contributed by atoms with Gasteiger partial charge in [-0.2, -0.15) is 0 Å². The zero-order valence-electron chi connectivity index (χ0n) is 43.0. The predicted molar refractivity (Wildman–Crippen MR) is 278 cm³/mol. The normalized spacial score (nSPS) is 13.0. The third-order valence-electron chi connectivity index (χ3n) is 13.5. The number of unbranched alkanes of at least 4 members (excludes halogenated alkanes) is 45. The summed E-state index contributed by atoms with van der Waals surface area (Å²) in [7, 11) is -4.72. The van der Waals surface area contributed by atoms with Gasteiger partial charge in [0.25, 0.3) is 0 Å². The summed E-state index contributed by atoms with van der Waals surface area (Å²) in [6.45, 7) is 4.11. The first-order valence-electron chi connectivity index (χ1n) is 28.6. The molecule has 0 aliphatic rings. The minimum absolute atomic E-state index is 0.219. The molecule has 0 aromatic rings. The van der Waals surface area contributed by atoms with E-state index in [2.05, 4.69) is 23.7 Å². The molecule has 0 aliphatic heterocycles. The molecule has 0 heterocycles. The van der Waals surface area contributed by atoms with E-state index in [-0.39, 0.29) is 5.91 Å². The number of phosphoric ester groups is 1. The minimum Gasteiger partial charge on any atom is -0.387 e. The van der Waals surface area contributed by atoms with Crippen LogP contribution in [0.3, 0.4) is 0 Å². The van der Waals surface area contributed by atoms with Gasteiger partial charge in [-0.1, -0.05) is 309 Å². The van der Waals surface area contributed by atoms with Crippen molar-refractivity contribution < 1.29 is 28.8 Å². The number of rotatable bonds is 54. The van der Waals surface area contributed by atoms with E-state index in [1.165, 1.54) is 263 Å². The molecular weight excluding hydrogens is 814 g/mol. The van der Waals surface area contributed by atoms with Crippen LogP contribution >= 0.6 is 7.82 Å². The summed E-state index contributed by atoms with van der Waals surface area (Å²) in [6, 6.07) is -0.906. The van der Waals surface area contributed by atoms with Gasteiger partial charge in [0.15, 0.2) is 0 Å². The van der Waals surface area contributed by atoms with Crippen LogP contribution in [0.2, 0.25) is 0 Å². The van der Waals surface area contributed by atoms with E-state index in [0.29, 0.717) is 6.42 Å². The molecule has 0 aromatic heterocycles. The third kappa shape index (κ3) is 52.3. The average Bonchev–Trinajstić information content (AvgIpc) is 3.27. The third-order valence-corrected chi connectivity index (χ3v) is 14.0. The fourth-order valence-corrected chi connectivity index (χ4v) is 9.53. The van der Waals surface area contributed by atoms with Crippen molar-refractivity contribution in [3.63, 3.8) is 0 Å². The Bertz CT molecular complexity index is 1000. The second-order valence-corrected chi connectivity index (χ2v) is 21.2. The highest BCUT2D eigenvalue weighted by molar-refractivity contribution is 7.46. The first-order valence-corrected chi connectivity index (χ1v) is 30.2. The molecule has 0 saturated heterocycles. The van der Waals surface area contributed by atoms with E-state index in [1.54, 1.807) is 6.08 Å². The summed E-state index contributed by atoms with van der Waals surface area (Å²) in [5, 5.41) is 13.5. The lowest BCUT2D eigenvalue weighted by Gasteiger charge is -2.22. The van der Waals surface area contributed by atoms with Crippen molar-refractivity contribution in [1.29, 1.82) is 0 Å². The first kappa shape index (κ1) is 63.3. The second-order valence-electron chi connectivity index (χ2n) is 20.0. The number of carbonyl (C=O) groups excluding carboxylic acids is 1. The fourth-order valence-electron chi connectivity index (χ4n) is 9.17. The Balaban J connectivity index is 3.62. The number of aliphatic hydroxyl groups is 1. The summed E-state index contributed by atoms with van der Waals surface area (Å²) in [4.78, 5) is 31.1. The summed E-state index contributed by atoms with van der Waals surface area (Å²) in [5.41, 5.74) is 0. The molecule has 382 valence electrons. The molecule has 64 heavy (non-hydrogen) atoms. The van der Waals surface area contributed by atoms with Gasteiger partial charge in [-0.05, 0) is 19.3 Å². The number of hydrogen-bond donors (Lipinski definition) is 4. The molecule has 4 N–H and O–H groups in total. The van der Waals surface area contributed by atoms with Crippen LogP contribution < -0.4 is 5.32 Å². The molecule has 7 nitrogen and oxygen atoms in total.